The molecule has 1 aromatic carbocycles. The van der Waals surface area contributed by atoms with E-state index in [2.05, 4.69) is 61.4 Å². The van der Waals surface area contributed by atoms with Gasteiger partial charge in [0.15, 0.2) is 0 Å². The number of benzene rings is 1. The van der Waals surface area contributed by atoms with Crippen LogP contribution >= 0.6 is 0 Å². The zero-order valence-corrected chi connectivity index (χ0v) is 12.2. The first kappa shape index (κ1) is 14.0. The number of nitrogens with one attached hydrogen (secondary N) is 1. The molecule has 0 aliphatic rings. The third-order valence-electron chi connectivity index (χ3n) is 3.82. The standard InChI is InChI=1S/C17H24N2/c1-4-13(3)12-16(18-5-2)17-15-9-7-6-8-14(15)10-11-19-17/h6-11,13,16,18H,4-5,12H2,1-3H3. The van der Waals surface area contributed by atoms with Crippen molar-refractivity contribution >= 4 is 10.8 Å². The molecule has 2 unspecified atom stereocenters. The largest absolute Gasteiger partial charge is 0.309 e. The lowest BCUT2D eigenvalue weighted by molar-refractivity contribution is 0.404. The average Bonchev–Trinajstić information content (AvgIpc) is 2.46. The maximum absolute atomic E-state index is 4.65. The summed E-state index contributed by atoms with van der Waals surface area (Å²) in [6.07, 6.45) is 4.29. The minimum atomic E-state index is 0.353. The monoisotopic (exact) mass is 256 g/mol. The summed E-state index contributed by atoms with van der Waals surface area (Å²) in [5.74, 6) is 0.713. The van der Waals surface area contributed by atoms with Crippen LogP contribution < -0.4 is 5.32 Å². The summed E-state index contributed by atoms with van der Waals surface area (Å²) in [6.45, 7) is 7.71. The topological polar surface area (TPSA) is 24.9 Å². The fraction of sp³-hybridized carbons (Fsp3) is 0.471. The smallest absolute Gasteiger partial charge is 0.0651 e. The van der Waals surface area contributed by atoms with Gasteiger partial charge in [0, 0.05) is 11.6 Å². The van der Waals surface area contributed by atoms with Gasteiger partial charge in [-0.25, -0.2) is 0 Å². The molecule has 2 atom stereocenters. The summed E-state index contributed by atoms with van der Waals surface area (Å²) in [5.41, 5.74) is 1.19. The number of pyridine rings is 1. The van der Waals surface area contributed by atoms with Gasteiger partial charge in [-0.15, -0.1) is 0 Å². The summed E-state index contributed by atoms with van der Waals surface area (Å²) in [7, 11) is 0. The molecule has 1 aromatic heterocycles. The molecule has 0 spiro atoms. The first-order valence-corrected chi connectivity index (χ1v) is 7.33. The van der Waals surface area contributed by atoms with Gasteiger partial charge >= 0.3 is 0 Å². The normalized spacial score (nSPS) is 14.5. The predicted octanol–water partition coefficient (Wildman–Crippen LogP) is 4.32. The molecule has 2 heteroatoms. The van der Waals surface area contributed by atoms with Crippen LogP contribution in [0.3, 0.4) is 0 Å². The molecule has 0 saturated carbocycles. The molecule has 0 saturated heterocycles. The number of hydrogen-bond donors (Lipinski definition) is 1. The van der Waals surface area contributed by atoms with E-state index in [1.807, 2.05) is 6.20 Å². The Morgan fingerprint density at radius 2 is 1.95 bits per heavy atom. The molecule has 0 bridgehead atoms. The highest BCUT2D eigenvalue weighted by Gasteiger charge is 2.17. The quantitative estimate of drug-likeness (QED) is 0.832. The van der Waals surface area contributed by atoms with Crippen LogP contribution in [0.25, 0.3) is 10.8 Å². The van der Waals surface area contributed by atoms with Gasteiger partial charge in [0.2, 0.25) is 0 Å². The van der Waals surface area contributed by atoms with Crippen LogP contribution in [0, 0.1) is 5.92 Å². The van der Waals surface area contributed by atoms with Crippen LogP contribution in [0.15, 0.2) is 36.5 Å². The molecule has 2 rings (SSSR count). The van der Waals surface area contributed by atoms with Crippen molar-refractivity contribution in [2.24, 2.45) is 5.92 Å². The van der Waals surface area contributed by atoms with Crippen molar-refractivity contribution in [3.8, 4) is 0 Å². The van der Waals surface area contributed by atoms with Crippen molar-refractivity contribution in [2.45, 2.75) is 39.7 Å². The third kappa shape index (κ3) is 3.32. The molecule has 1 N–H and O–H groups in total. The maximum atomic E-state index is 4.65. The lowest BCUT2D eigenvalue weighted by Crippen LogP contribution is -2.24. The maximum Gasteiger partial charge on any atom is 0.0651 e. The van der Waals surface area contributed by atoms with Gasteiger partial charge in [-0.2, -0.15) is 0 Å². The Morgan fingerprint density at radius 3 is 2.68 bits per heavy atom. The third-order valence-corrected chi connectivity index (χ3v) is 3.82. The van der Waals surface area contributed by atoms with E-state index in [0.717, 1.165) is 13.0 Å². The van der Waals surface area contributed by atoms with Gasteiger partial charge in [0.1, 0.15) is 0 Å². The Bertz CT molecular complexity index is 516. The SMILES string of the molecule is CCNC(CC(C)CC)c1nccc2ccccc12. The molecule has 19 heavy (non-hydrogen) atoms. The van der Waals surface area contributed by atoms with Crippen LogP contribution in [0.1, 0.15) is 45.3 Å². The Labute approximate surface area is 116 Å². The minimum Gasteiger partial charge on any atom is -0.309 e. The molecule has 1 heterocycles. The summed E-state index contributed by atoms with van der Waals surface area (Å²) >= 11 is 0. The molecule has 0 fully saturated rings. The zero-order chi connectivity index (χ0) is 13.7. The number of fused-ring (bicyclic) bond motifs is 1. The van der Waals surface area contributed by atoms with Crippen molar-refractivity contribution in [1.82, 2.24) is 10.3 Å². The molecule has 102 valence electrons. The Hall–Kier alpha value is -1.41. The second-order valence-electron chi connectivity index (χ2n) is 5.28. The Balaban J connectivity index is 2.38. The van der Waals surface area contributed by atoms with Crippen LogP contribution in [0.5, 0.6) is 0 Å². The summed E-state index contributed by atoms with van der Waals surface area (Å²) < 4.78 is 0. The highest BCUT2D eigenvalue weighted by atomic mass is 14.9. The van der Waals surface area contributed by atoms with E-state index < -0.39 is 0 Å². The summed E-state index contributed by atoms with van der Waals surface area (Å²) in [6, 6.07) is 11.0. The van der Waals surface area contributed by atoms with Gasteiger partial charge in [0.25, 0.3) is 0 Å². The minimum absolute atomic E-state index is 0.353. The Morgan fingerprint density at radius 1 is 1.16 bits per heavy atom. The van der Waals surface area contributed by atoms with E-state index in [9.17, 15) is 0 Å². The number of rotatable bonds is 6. The second kappa shape index (κ2) is 6.67. The number of aromatic nitrogens is 1. The van der Waals surface area contributed by atoms with Gasteiger partial charge in [-0.3, -0.25) is 4.98 Å². The average molecular weight is 256 g/mol. The van der Waals surface area contributed by atoms with Crippen LogP contribution in [0.4, 0.5) is 0 Å². The summed E-state index contributed by atoms with van der Waals surface area (Å²) in [4.78, 5) is 4.65. The second-order valence-corrected chi connectivity index (χ2v) is 5.28. The van der Waals surface area contributed by atoms with Crippen molar-refractivity contribution in [2.75, 3.05) is 6.54 Å². The van der Waals surface area contributed by atoms with Gasteiger partial charge in [0.05, 0.1) is 11.7 Å². The molecule has 0 aliphatic heterocycles. The van der Waals surface area contributed by atoms with Crippen molar-refractivity contribution < 1.29 is 0 Å². The van der Waals surface area contributed by atoms with Gasteiger partial charge < -0.3 is 5.32 Å². The fourth-order valence-electron chi connectivity index (χ4n) is 2.53. The first-order valence-electron chi connectivity index (χ1n) is 7.33. The van der Waals surface area contributed by atoms with Crippen LogP contribution in [-0.4, -0.2) is 11.5 Å². The molecule has 0 radical (unpaired) electrons. The van der Waals surface area contributed by atoms with E-state index >= 15 is 0 Å². The van der Waals surface area contributed by atoms with Crippen molar-refractivity contribution in [3.63, 3.8) is 0 Å². The van der Waals surface area contributed by atoms with Crippen LogP contribution in [0.2, 0.25) is 0 Å². The number of nitrogens with zero attached hydrogens (tertiary/aromatic N) is 1. The fourth-order valence-corrected chi connectivity index (χ4v) is 2.53. The lowest BCUT2D eigenvalue weighted by atomic mass is 9.94. The highest BCUT2D eigenvalue weighted by Crippen LogP contribution is 2.27. The molecule has 0 amide bonds. The van der Waals surface area contributed by atoms with E-state index in [4.69, 9.17) is 0 Å². The zero-order valence-electron chi connectivity index (χ0n) is 12.2. The Kier molecular flexibility index (Phi) is 4.92. The van der Waals surface area contributed by atoms with Crippen molar-refractivity contribution in [1.29, 1.82) is 0 Å². The molecule has 0 aliphatic carbocycles. The lowest BCUT2D eigenvalue weighted by Gasteiger charge is -2.22. The van der Waals surface area contributed by atoms with E-state index in [1.54, 1.807) is 0 Å². The summed E-state index contributed by atoms with van der Waals surface area (Å²) in [5, 5.41) is 6.15. The van der Waals surface area contributed by atoms with E-state index in [-0.39, 0.29) is 0 Å². The molecule has 2 aromatic rings. The predicted molar refractivity (Wildman–Crippen MR) is 82.2 cm³/mol. The van der Waals surface area contributed by atoms with Crippen molar-refractivity contribution in [3.05, 3.63) is 42.2 Å². The number of hydrogen-bond acceptors (Lipinski definition) is 2. The molecular formula is C17H24N2. The first-order chi connectivity index (χ1) is 9.26. The molecular weight excluding hydrogens is 232 g/mol. The van der Waals surface area contributed by atoms with E-state index in [0.29, 0.717) is 12.0 Å². The van der Waals surface area contributed by atoms with Gasteiger partial charge in [-0.05, 0) is 30.3 Å². The van der Waals surface area contributed by atoms with E-state index in [1.165, 1.54) is 22.9 Å². The highest BCUT2D eigenvalue weighted by molar-refractivity contribution is 5.84. The molecule has 2 nitrogen and oxygen atoms in total. The van der Waals surface area contributed by atoms with Gasteiger partial charge in [-0.1, -0.05) is 51.5 Å². The van der Waals surface area contributed by atoms with Crippen LogP contribution in [-0.2, 0) is 0 Å².